The smallest absolute Gasteiger partial charge is 0.258 e. The minimum atomic E-state index is -1.88. The summed E-state index contributed by atoms with van der Waals surface area (Å²) in [5, 5.41) is 0. The van der Waals surface area contributed by atoms with Crippen LogP contribution in [0.5, 0.6) is 5.75 Å². The Morgan fingerprint density at radius 2 is 1.33 bits per heavy atom. The highest BCUT2D eigenvalue weighted by atomic mass is 28.4. The Labute approximate surface area is 113 Å². The zero-order chi connectivity index (χ0) is 13.9. The highest BCUT2D eigenvalue weighted by Crippen LogP contribution is 2.43. The number of benzene rings is 1. The Hall–Kier alpha value is -0.963. The number of para-hydroxylation sites is 2. The lowest BCUT2D eigenvalue weighted by Gasteiger charge is -2.42. The number of hydrogen-bond acceptors (Lipinski definition) is 2. The van der Waals surface area contributed by atoms with E-state index in [1.807, 2.05) is 24.3 Å². The highest BCUT2D eigenvalue weighted by Gasteiger charge is 2.47. The van der Waals surface area contributed by atoms with Gasteiger partial charge in [-0.15, -0.1) is 0 Å². The van der Waals surface area contributed by atoms with Crippen LogP contribution < -0.4 is 10.2 Å². The Kier molecular flexibility index (Phi) is 4.85. The quantitative estimate of drug-likeness (QED) is 0.611. The zero-order valence-electron chi connectivity index (χ0n) is 12.5. The van der Waals surface area contributed by atoms with Gasteiger partial charge in [0.25, 0.3) is 8.32 Å². The molecule has 18 heavy (non-hydrogen) atoms. The van der Waals surface area contributed by atoms with E-state index in [4.69, 9.17) is 10.2 Å². The molecule has 0 atom stereocenters. The van der Waals surface area contributed by atoms with Crippen molar-refractivity contribution in [3.63, 3.8) is 0 Å². The molecule has 0 aliphatic carbocycles. The SMILES string of the molecule is CC(C)[Si](Oc1ccccc1N)(C(C)C)C(C)C. The van der Waals surface area contributed by atoms with E-state index >= 15 is 0 Å². The third kappa shape index (κ3) is 2.71. The van der Waals surface area contributed by atoms with Gasteiger partial charge < -0.3 is 10.2 Å². The molecule has 0 unspecified atom stereocenters. The highest BCUT2D eigenvalue weighted by molar-refractivity contribution is 6.78. The minimum absolute atomic E-state index is 0.567. The molecule has 102 valence electrons. The maximum atomic E-state index is 6.53. The molecule has 0 heterocycles. The van der Waals surface area contributed by atoms with Gasteiger partial charge in [0.1, 0.15) is 5.75 Å². The first-order chi connectivity index (χ1) is 8.32. The van der Waals surface area contributed by atoms with Crippen molar-refractivity contribution in [1.82, 2.24) is 0 Å². The van der Waals surface area contributed by atoms with E-state index in [2.05, 4.69) is 41.5 Å². The van der Waals surface area contributed by atoms with Crippen LogP contribution in [0.15, 0.2) is 24.3 Å². The van der Waals surface area contributed by atoms with Gasteiger partial charge in [0.2, 0.25) is 0 Å². The van der Waals surface area contributed by atoms with Crippen LogP contribution >= 0.6 is 0 Å². The molecule has 0 amide bonds. The van der Waals surface area contributed by atoms with Crippen molar-refractivity contribution in [3.8, 4) is 5.75 Å². The Morgan fingerprint density at radius 3 is 1.72 bits per heavy atom. The molecule has 0 radical (unpaired) electrons. The van der Waals surface area contributed by atoms with Crippen molar-refractivity contribution in [2.75, 3.05) is 5.73 Å². The first-order valence-electron chi connectivity index (χ1n) is 6.85. The molecule has 0 aliphatic heterocycles. The van der Waals surface area contributed by atoms with Crippen molar-refractivity contribution in [2.24, 2.45) is 0 Å². The lowest BCUT2D eigenvalue weighted by atomic mass is 10.3. The summed E-state index contributed by atoms with van der Waals surface area (Å²) in [4.78, 5) is 0. The molecular formula is C15H27NOSi. The first kappa shape index (κ1) is 15.1. The molecule has 0 saturated heterocycles. The number of anilines is 1. The summed E-state index contributed by atoms with van der Waals surface area (Å²) in [6.45, 7) is 13.7. The standard InChI is InChI=1S/C15H27NOSi/c1-11(2)18(12(3)4,13(5)6)17-15-10-8-7-9-14(15)16/h7-13H,16H2,1-6H3. The summed E-state index contributed by atoms with van der Waals surface area (Å²) in [5.74, 6) is 0.861. The fourth-order valence-corrected chi connectivity index (χ4v) is 8.39. The Balaban J connectivity index is 3.17. The Bertz CT molecular complexity index is 366. The van der Waals surface area contributed by atoms with Gasteiger partial charge in [-0.1, -0.05) is 53.7 Å². The van der Waals surface area contributed by atoms with E-state index in [-0.39, 0.29) is 0 Å². The summed E-state index contributed by atoms with van der Waals surface area (Å²) in [5.41, 5.74) is 8.47. The maximum Gasteiger partial charge on any atom is 0.258 e. The van der Waals surface area contributed by atoms with Crippen molar-refractivity contribution in [2.45, 2.75) is 58.2 Å². The third-order valence-corrected chi connectivity index (χ3v) is 9.90. The van der Waals surface area contributed by atoms with Crippen LogP contribution in [-0.2, 0) is 0 Å². The van der Waals surface area contributed by atoms with E-state index in [9.17, 15) is 0 Å². The maximum absolute atomic E-state index is 6.53. The predicted molar refractivity (Wildman–Crippen MR) is 82.5 cm³/mol. The van der Waals surface area contributed by atoms with Crippen molar-refractivity contribution >= 4 is 14.0 Å². The molecule has 1 rings (SSSR count). The summed E-state index contributed by atoms with van der Waals surface area (Å²) in [6.07, 6.45) is 0. The lowest BCUT2D eigenvalue weighted by Crippen LogP contribution is -2.50. The van der Waals surface area contributed by atoms with Gasteiger partial charge in [0, 0.05) is 0 Å². The van der Waals surface area contributed by atoms with Crippen LogP contribution in [0.2, 0.25) is 16.6 Å². The summed E-state index contributed by atoms with van der Waals surface area (Å²) >= 11 is 0. The molecule has 1 aromatic rings. The molecule has 1 aromatic carbocycles. The molecular weight excluding hydrogens is 238 g/mol. The van der Waals surface area contributed by atoms with E-state index in [1.165, 1.54) is 0 Å². The molecule has 2 N–H and O–H groups in total. The largest absolute Gasteiger partial charge is 0.541 e. The lowest BCUT2D eigenvalue weighted by molar-refractivity contribution is 0.481. The molecule has 3 heteroatoms. The molecule has 2 nitrogen and oxygen atoms in total. The molecule has 0 saturated carbocycles. The van der Waals surface area contributed by atoms with Crippen LogP contribution in [0.3, 0.4) is 0 Å². The summed E-state index contributed by atoms with van der Waals surface area (Å²) < 4.78 is 6.53. The molecule has 0 bridgehead atoms. The van der Waals surface area contributed by atoms with Gasteiger partial charge in [-0.3, -0.25) is 0 Å². The predicted octanol–water partition coefficient (Wildman–Crippen LogP) is 4.82. The first-order valence-corrected chi connectivity index (χ1v) is 8.99. The second-order valence-corrected chi connectivity index (χ2v) is 11.3. The average molecular weight is 265 g/mol. The van der Waals surface area contributed by atoms with Crippen molar-refractivity contribution < 1.29 is 4.43 Å². The zero-order valence-corrected chi connectivity index (χ0v) is 13.5. The van der Waals surface area contributed by atoms with Crippen molar-refractivity contribution in [1.29, 1.82) is 0 Å². The van der Waals surface area contributed by atoms with E-state index in [0.717, 1.165) is 11.4 Å². The van der Waals surface area contributed by atoms with Crippen LogP contribution in [0.1, 0.15) is 41.5 Å². The fraction of sp³-hybridized carbons (Fsp3) is 0.600. The molecule has 0 aliphatic rings. The number of nitrogen functional groups attached to an aromatic ring is 1. The van der Waals surface area contributed by atoms with Gasteiger partial charge in [-0.25, -0.2) is 0 Å². The molecule has 0 fully saturated rings. The van der Waals surface area contributed by atoms with Gasteiger partial charge in [0.15, 0.2) is 0 Å². The number of rotatable bonds is 5. The van der Waals surface area contributed by atoms with Crippen LogP contribution in [-0.4, -0.2) is 8.32 Å². The summed E-state index contributed by atoms with van der Waals surface area (Å²) in [6, 6.07) is 7.84. The number of nitrogens with two attached hydrogens (primary N) is 1. The topological polar surface area (TPSA) is 35.2 Å². The van der Waals surface area contributed by atoms with Gasteiger partial charge in [-0.2, -0.15) is 0 Å². The van der Waals surface area contributed by atoms with E-state index in [1.54, 1.807) is 0 Å². The number of hydrogen-bond donors (Lipinski definition) is 1. The van der Waals surface area contributed by atoms with Crippen LogP contribution in [0.4, 0.5) is 5.69 Å². The summed E-state index contributed by atoms with van der Waals surface area (Å²) in [7, 11) is -1.88. The fourth-order valence-electron chi connectivity index (χ4n) is 3.12. The molecule has 0 spiro atoms. The van der Waals surface area contributed by atoms with E-state index < -0.39 is 8.32 Å². The van der Waals surface area contributed by atoms with Crippen LogP contribution in [0, 0.1) is 0 Å². The second-order valence-electron chi connectivity index (χ2n) is 5.96. The van der Waals surface area contributed by atoms with Gasteiger partial charge >= 0.3 is 0 Å². The normalized spacial score (nSPS) is 12.5. The van der Waals surface area contributed by atoms with Gasteiger partial charge in [0.05, 0.1) is 5.69 Å². The molecule has 0 aromatic heterocycles. The Morgan fingerprint density at radius 1 is 0.889 bits per heavy atom. The monoisotopic (exact) mass is 265 g/mol. The van der Waals surface area contributed by atoms with Gasteiger partial charge in [-0.05, 0) is 28.8 Å². The third-order valence-electron chi connectivity index (χ3n) is 3.91. The minimum Gasteiger partial charge on any atom is -0.541 e. The average Bonchev–Trinajstić information content (AvgIpc) is 2.26. The van der Waals surface area contributed by atoms with E-state index in [0.29, 0.717) is 16.6 Å². The second kappa shape index (κ2) is 5.78. The van der Waals surface area contributed by atoms with Crippen LogP contribution in [0.25, 0.3) is 0 Å². The van der Waals surface area contributed by atoms with Crippen molar-refractivity contribution in [3.05, 3.63) is 24.3 Å².